The summed E-state index contributed by atoms with van der Waals surface area (Å²) in [4.78, 5) is 15.8. The van der Waals surface area contributed by atoms with E-state index < -0.39 is 11.5 Å². The zero-order valence-corrected chi connectivity index (χ0v) is 8.64. The average molecular weight is 200 g/mol. The van der Waals surface area contributed by atoms with E-state index >= 15 is 0 Å². The van der Waals surface area contributed by atoms with Gasteiger partial charge in [0.25, 0.3) is 0 Å². The Morgan fingerprint density at radius 1 is 1.69 bits per heavy atom. The van der Waals surface area contributed by atoms with Crippen LogP contribution in [-0.4, -0.2) is 18.1 Å². The lowest BCUT2D eigenvalue weighted by Crippen LogP contribution is -2.27. The van der Waals surface area contributed by atoms with Crippen molar-refractivity contribution >= 4 is 17.3 Å². The molecule has 0 aliphatic rings. The summed E-state index contributed by atoms with van der Waals surface area (Å²) in [5.41, 5.74) is 5.38. The molecule has 1 heterocycles. The summed E-state index contributed by atoms with van der Waals surface area (Å²) in [5, 5.41) is 0.344. The maximum atomic E-state index is 11.0. The molecule has 0 fully saturated rings. The molecule has 0 spiro atoms. The van der Waals surface area contributed by atoms with Crippen molar-refractivity contribution in [2.45, 2.75) is 19.4 Å². The number of hydrogen-bond donors (Lipinski definition) is 1. The van der Waals surface area contributed by atoms with Crippen LogP contribution in [0.4, 0.5) is 0 Å². The monoisotopic (exact) mass is 200 g/mol. The Morgan fingerprint density at radius 2 is 2.31 bits per heavy atom. The van der Waals surface area contributed by atoms with Gasteiger partial charge in [0.05, 0.1) is 7.11 Å². The lowest BCUT2D eigenvalue weighted by molar-refractivity contribution is 0.0600. The molecule has 2 N–H and O–H groups in total. The Kier molecular flexibility index (Phi) is 2.68. The van der Waals surface area contributed by atoms with Gasteiger partial charge in [-0.05, 0) is 13.8 Å². The fraction of sp³-hybridized carbons (Fsp3) is 0.500. The van der Waals surface area contributed by atoms with E-state index in [9.17, 15) is 4.79 Å². The molecule has 13 heavy (non-hydrogen) atoms. The van der Waals surface area contributed by atoms with Gasteiger partial charge in [-0.1, -0.05) is 0 Å². The summed E-state index contributed by atoms with van der Waals surface area (Å²) in [5.74, 6) is -0.416. The van der Waals surface area contributed by atoms with Crippen molar-refractivity contribution in [2.75, 3.05) is 7.11 Å². The van der Waals surface area contributed by atoms with Crippen LogP contribution in [0.3, 0.4) is 0 Å². The number of aromatic nitrogens is 1. The zero-order chi connectivity index (χ0) is 10.1. The second-order valence-electron chi connectivity index (χ2n) is 3.24. The second-order valence-corrected chi connectivity index (χ2v) is 4.27. The van der Waals surface area contributed by atoms with E-state index in [1.165, 1.54) is 18.4 Å². The Bertz CT molecular complexity index is 314. The van der Waals surface area contributed by atoms with Gasteiger partial charge in [-0.2, -0.15) is 0 Å². The van der Waals surface area contributed by atoms with E-state index in [0.717, 1.165) is 4.88 Å². The van der Waals surface area contributed by atoms with E-state index in [2.05, 4.69) is 9.72 Å². The van der Waals surface area contributed by atoms with Gasteiger partial charge in [0, 0.05) is 16.6 Å². The molecule has 1 aromatic rings. The molecule has 1 rings (SSSR count). The lowest BCUT2D eigenvalue weighted by atomic mass is 10.1. The first kappa shape index (κ1) is 10.1. The third-order valence-electron chi connectivity index (χ3n) is 1.50. The molecule has 0 radical (unpaired) electrons. The molecule has 0 saturated heterocycles. The molecule has 0 atom stereocenters. The van der Waals surface area contributed by atoms with Gasteiger partial charge >= 0.3 is 5.97 Å². The molecular formula is C8H12N2O2S. The van der Waals surface area contributed by atoms with Crippen molar-refractivity contribution in [3.05, 3.63) is 16.1 Å². The molecule has 0 aromatic carbocycles. The van der Waals surface area contributed by atoms with Gasteiger partial charge in [0.15, 0.2) is 0 Å². The molecule has 0 bridgehead atoms. The topological polar surface area (TPSA) is 65.2 Å². The smallest absolute Gasteiger partial charge is 0.367 e. The Labute approximate surface area is 80.7 Å². The van der Waals surface area contributed by atoms with Crippen molar-refractivity contribution < 1.29 is 9.53 Å². The first-order valence-electron chi connectivity index (χ1n) is 3.78. The fourth-order valence-corrected chi connectivity index (χ4v) is 1.60. The highest BCUT2D eigenvalue weighted by atomic mass is 32.1. The molecule has 72 valence electrons. The highest BCUT2D eigenvalue weighted by Crippen LogP contribution is 2.23. The number of carbonyl (C=O) groups is 1. The predicted molar refractivity (Wildman–Crippen MR) is 50.7 cm³/mol. The fourth-order valence-electron chi connectivity index (χ4n) is 0.754. The second kappa shape index (κ2) is 3.43. The third-order valence-corrected chi connectivity index (χ3v) is 2.82. The van der Waals surface area contributed by atoms with E-state index in [1.807, 2.05) is 13.8 Å². The summed E-state index contributed by atoms with van der Waals surface area (Å²) in [7, 11) is 1.33. The average Bonchev–Trinajstić information content (AvgIpc) is 2.50. The van der Waals surface area contributed by atoms with Crippen LogP contribution in [0.5, 0.6) is 0 Å². The van der Waals surface area contributed by atoms with E-state index in [-0.39, 0.29) is 0 Å². The Hall–Kier alpha value is -0.940. The maximum Gasteiger partial charge on any atom is 0.367 e. The highest BCUT2D eigenvalue weighted by molar-refractivity contribution is 7.13. The van der Waals surface area contributed by atoms with Crippen LogP contribution in [0, 0.1) is 0 Å². The number of thiazole rings is 1. The van der Waals surface area contributed by atoms with Crippen molar-refractivity contribution in [1.82, 2.24) is 4.98 Å². The van der Waals surface area contributed by atoms with Gasteiger partial charge < -0.3 is 10.5 Å². The summed E-state index contributed by atoms with van der Waals surface area (Å²) in [6.45, 7) is 3.73. The minimum absolute atomic E-state index is 0.344. The van der Waals surface area contributed by atoms with Crippen LogP contribution in [0.1, 0.15) is 28.5 Å². The zero-order valence-electron chi connectivity index (χ0n) is 7.83. The first-order chi connectivity index (χ1) is 5.95. The molecular weight excluding hydrogens is 188 g/mol. The molecule has 0 saturated carbocycles. The van der Waals surface area contributed by atoms with E-state index in [4.69, 9.17) is 5.73 Å². The minimum Gasteiger partial charge on any atom is -0.464 e. The van der Waals surface area contributed by atoms with Crippen LogP contribution >= 0.6 is 11.3 Å². The largest absolute Gasteiger partial charge is 0.464 e. The van der Waals surface area contributed by atoms with Crippen LogP contribution in [-0.2, 0) is 10.3 Å². The van der Waals surface area contributed by atoms with Gasteiger partial charge in [0.2, 0.25) is 5.01 Å². The maximum absolute atomic E-state index is 11.0. The van der Waals surface area contributed by atoms with E-state index in [1.54, 1.807) is 6.20 Å². The predicted octanol–water partition coefficient (Wildman–Crippen LogP) is 1.12. The van der Waals surface area contributed by atoms with Crippen molar-refractivity contribution in [2.24, 2.45) is 5.73 Å². The Morgan fingerprint density at radius 3 is 2.69 bits per heavy atom. The number of carbonyl (C=O) groups excluding carboxylic acids is 1. The lowest BCUT2D eigenvalue weighted by Gasteiger charge is -2.14. The number of rotatable bonds is 2. The highest BCUT2D eigenvalue weighted by Gasteiger charge is 2.20. The Balaban J connectivity index is 2.93. The number of methoxy groups -OCH3 is 1. The van der Waals surface area contributed by atoms with Gasteiger partial charge in [-0.15, -0.1) is 11.3 Å². The minimum atomic E-state index is -0.454. The number of ether oxygens (including phenoxy) is 1. The van der Waals surface area contributed by atoms with E-state index in [0.29, 0.717) is 5.01 Å². The quantitative estimate of drug-likeness (QED) is 0.727. The van der Waals surface area contributed by atoms with Crippen LogP contribution in [0.2, 0.25) is 0 Å². The molecule has 4 nitrogen and oxygen atoms in total. The third kappa shape index (κ3) is 2.26. The first-order valence-corrected chi connectivity index (χ1v) is 4.60. The number of nitrogens with two attached hydrogens (primary N) is 1. The molecule has 0 aliphatic carbocycles. The molecule has 0 amide bonds. The summed E-state index contributed by atoms with van der Waals surface area (Å²) in [6.07, 6.45) is 1.61. The normalized spacial score (nSPS) is 11.4. The number of esters is 1. The molecule has 5 heteroatoms. The molecule has 0 unspecified atom stereocenters. The van der Waals surface area contributed by atoms with Crippen molar-refractivity contribution in [3.8, 4) is 0 Å². The van der Waals surface area contributed by atoms with Gasteiger partial charge in [-0.3, -0.25) is 0 Å². The van der Waals surface area contributed by atoms with Crippen molar-refractivity contribution in [3.63, 3.8) is 0 Å². The SMILES string of the molecule is COC(=O)c1ncc(C(C)(C)N)s1. The van der Waals surface area contributed by atoms with Crippen molar-refractivity contribution in [1.29, 1.82) is 0 Å². The van der Waals surface area contributed by atoms with Crippen LogP contribution in [0.25, 0.3) is 0 Å². The summed E-state index contributed by atoms with van der Waals surface area (Å²) >= 11 is 1.26. The summed E-state index contributed by atoms with van der Waals surface area (Å²) < 4.78 is 4.53. The number of nitrogens with zero attached hydrogens (tertiary/aromatic N) is 1. The van der Waals surface area contributed by atoms with Gasteiger partial charge in [0.1, 0.15) is 0 Å². The standard InChI is InChI=1S/C8H12N2O2S/c1-8(2,9)5-4-10-6(13-5)7(11)12-3/h4H,9H2,1-3H3. The summed E-state index contributed by atoms with van der Waals surface area (Å²) in [6, 6.07) is 0. The van der Waals surface area contributed by atoms with Crippen LogP contribution in [0.15, 0.2) is 6.20 Å². The molecule has 1 aromatic heterocycles. The molecule has 0 aliphatic heterocycles. The van der Waals surface area contributed by atoms with Crippen LogP contribution < -0.4 is 5.73 Å². The number of hydrogen-bond acceptors (Lipinski definition) is 5. The van der Waals surface area contributed by atoms with Gasteiger partial charge in [-0.25, -0.2) is 9.78 Å².